The molecule has 0 spiro atoms. The molecule has 0 radical (unpaired) electrons. The highest BCUT2D eigenvalue weighted by molar-refractivity contribution is 7.10. The molecule has 2 heterocycles. The first-order chi connectivity index (χ1) is 7.31. The van der Waals surface area contributed by atoms with Crippen LogP contribution < -0.4 is 11.3 Å². The molecule has 0 aliphatic heterocycles. The summed E-state index contributed by atoms with van der Waals surface area (Å²) in [6, 6.07) is 0.137. The Morgan fingerprint density at radius 2 is 2.33 bits per heavy atom. The van der Waals surface area contributed by atoms with Gasteiger partial charge in [-0.2, -0.15) is 0 Å². The maximum atomic E-state index is 5.56. The molecular weight excluding hydrogens is 228 g/mol. The molecule has 0 saturated carbocycles. The Kier molecular flexibility index (Phi) is 3.42. The topological polar surface area (TPSA) is 63.8 Å². The molecule has 80 valence electrons. The summed E-state index contributed by atoms with van der Waals surface area (Å²) < 4.78 is 0. The lowest BCUT2D eigenvalue weighted by atomic mass is 10.1. The fraction of sp³-hybridized carbons (Fsp3) is 0.333. The first-order valence-corrected chi connectivity index (χ1v) is 6.30. The van der Waals surface area contributed by atoms with Crippen LogP contribution in [0.1, 0.15) is 21.5 Å². The molecule has 0 aromatic carbocycles. The number of hydrogen-bond donors (Lipinski definition) is 2. The predicted octanol–water partition coefficient (Wildman–Crippen LogP) is 1.66. The van der Waals surface area contributed by atoms with Crippen LogP contribution in [0.25, 0.3) is 0 Å². The van der Waals surface area contributed by atoms with Crippen molar-refractivity contribution in [3.05, 3.63) is 32.7 Å². The average Bonchev–Trinajstić information content (AvgIpc) is 2.85. The molecule has 15 heavy (non-hydrogen) atoms. The fourth-order valence-electron chi connectivity index (χ4n) is 1.42. The van der Waals surface area contributed by atoms with Gasteiger partial charge in [0.25, 0.3) is 0 Å². The lowest BCUT2D eigenvalue weighted by Crippen LogP contribution is -2.29. The van der Waals surface area contributed by atoms with Crippen LogP contribution >= 0.6 is 22.7 Å². The molecule has 0 saturated heterocycles. The summed E-state index contributed by atoms with van der Waals surface area (Å²) in [6.07, 6.45) is 2.75. The molecule has 0 fully saturated rings. The molecular formula is C9H12N4S2. The maximum Gasteiger partial charge on any atom is 0.0798 e. The van der Waals surface area contributed by atoms with Gasteiger partial charge in [0, 0.05) is 22.4 Å². The van der Waals surface area contributed by atoms with Gasteiger partial charge in [0.05, 0.1) is 22.8 Å². The van der Waals surface area contributed by atoms with E-state index in [0.29, 0.717) is 0 Å². The van der Waals surface area contributed by atoms with Crippen LogP contribution in [-0.4, -0.2) is 9.97 Å². The van der Waals surface area contributed by atoms with Crippen molar-refractivity contribution in [2.75, 3.05) is 0 Å². The van der Waals surface area contributed by atoms with E-state index in [0.717, 1.165) is 12.1 Å². The van der Waals surface area contributed by atoms with E-state index < -0.39 is 0 Å². The van der Waals surface area contributed by atoms with Crippen LogP contribution in [0.15, 0.2) is 17.2 Å². The van der Waals surface area contributed by atoms with Crippen molar-refractivity contribution in [1.29, 1.82) is 0 Å². The summed E-state index contributed by atoms with van der Waals surface area (Å²) in [5.41, 5.74) is 7.57. The molecule has 1 atom stereocenters. The maximum absolute atomic E-state index is 5.56. The van der Waals surface area contributed by atoms with E-state index in [1.165, 1.54) is 9.75 Å². The van der Waals surface area contributed by atoms with Gasteiger partial charge in [0.1, 0.15) is 0 Å². The standard InChI is InChI=1S/C9H12N4S2/c1-6-9(15-5-12-6)8(13-10)2-7-3-11-4-14-7/h3-5,8,13H,2,10H2,1H3. The minimum atomic E-state index is 0.137. The third-order valence-electron chi connectivity index (χ3n) is 2.19. The fourth-order valence-corrected chi connectivity index (χ4v) is 2.92. The van der Waals surface area contributed by atoms with Crippen molar-refractivity contribution >= 4 is 22.7 Å². The zero-order chi connectivity index (χ0) is 10.7. The van der Waals surface area contributed by atoms with Gasteiger partial charge in [0.2, 0.25) is 0 Å². The second kappa shape index (κ2) is 4.80. The molecule has 3 N–H and O–H groups in total. The molecule has 1 unspecified atom stereocenters. The van der Waals surface area contributed by atoms with Gasteiger partial charge >= 0.3 is 0 Å². The highest BCUT2D eigenvalue weighted by Gasteiger charge is 2.15. The van der Waals surface area contributed by atoms with Crippen LogP contribution in [0.5, 0.6) is 0 Å². The number of aryl methyl sites for hydroxylation is 1. The second-order valence-electron chi connectivity index (χ2n) is 3.19. The molecule has 0 aliphatic rings. The normalized spacial score (nSPS) is 12.9. The van der Waals surface area contributed by atoms with E-state index in [9.17, 15) is 0 Å². The zero-order valence-electron chi connectivity index (χ0n) is 8.30. The average molecular weight is 240 g/mol. The Bertz CT molecular complexity index is 409. The third-order valence-corrected chi connectivity index (χ3v) is 4.04. The van der Waals surface area contributed by atoms with Gasteiger partial charge in [-0.25, -0.2) is 4.98 Å². The molecule has 0 aliphatic carbocycles. The molecule has 2 aromatic heterocycles. The minimum absolute atomic E-state index is 0.137. The minimum Gasteiger partial charge on any atom is -0.271 e. The molecule has 2 aromatic rings. The van der Waals surface area contributed by atoms with Crippen molar-refractivity contribution in [2.24, 2.45) is 5.84 Å². The van der Waals surface area contributed by atoms with Crippen molar-refractivity contribution in [3.63, 3.8) is 0 Å². The van der Waals surface area contributed by atoms with E-state index in [-0.39, 0.29) is 6.04 Å². The van der Waals surface area contributed by atoms with Crippen LogP contribution in [0, 0.1) is 6.92 Å². The van der Waals surface area contributed by atoms with Gasteiger partial charge in [-0.15, -0.1) is 22.7 Å². The van der Waals surface area contributed by atoms with E-state index in [1.54, 1.807) is 22.7 Å². The largest absolute Gasteiger partial charge is 0.271 e. The molecule has 6 heteroatoms. The SMILES string of the molecule is Cc1ncsc1C(Cc1cncs1)NN. The third kappa shape index (κ3) is 2.40. The molecule has 4 nitrogen and oxygen atoms in total. The van der Waals surface area contributed by atoms with Gasteiger partial charge in [-0.1, -0.05) is 0 Å². The Morgan fingerprint density at radius 3 is 2.87 bits per heavy atom. The number of nitrogens with two attached hydrogens (primary N) is 1. The Balaban J connectivity index is 2.15. The Hall–Kier alpha value is -0.820. The number of nitrogens with zero attached hydrogens (tertiary/aromatic N) is 2. The summed E-state index contributed by atoms with van der Waals surface area (Å²) >= 11 is 3.28. The van der Waals surface area contributed by atoms with Crippen LogP contribution in [0.3, 0.4) is 0 Å². The van der Waals surface area contributed by atoms with Crippen molar-refractivity contribution in [1.82, 2.24) is 15.4 Å². The highest BCUT2D eigenvalue weighted by Crippen LogP contribution is 2.25. The monoisotopic (exact) mass is 240 g/mol. The zero-order valence-corrected chi connectivity index (χ0v) is 9.94. The number of hydrogen-bond acceptors (Lipinski definition) is 6. The van der Waals surface area contributed by atoms with Gasteiger partial charge < -0.3 is 0 Å². The first-order valence-electron chi connectivity index (χ1n) is 4.54. The summed E-state index contributed by atoms with van der Waals surface area (Å²) in [4.78, 5) is 10.7. The number of thiazole rings is 2. The Morgan fingerprint density at radius 1 is 1.47 bits per heavy atom. The molecule has 2 rings (SSSR count). The summed E-state index contributed by atoms with van der Waals surface area (Å²) in [7, 11) is 0. The van der Waals surface area contributed by atoms with Crippen LogP contribution in [-0.2, 0) is 6.42 Å². The van der Waals surface area contributed by atoms with Gasteiger partial charge in [0.15, 0.2) is 0 Å². The number of hydrazine groups is 1. The van der Waals surface area contributed by atoms with E-state index >= 15 is 0 Å². The number of nitrogens with one attached hydrogen (secondary N) is 1. The lowest BCUT2D eigenvalue weighted by Gasteiger charge is -2.13. The lowest BCUT2D eigenvalue weighted by molar-refractivity contribution is 0.560. The molecule has 0 amide bonds. The smallest absolute Gasteiger partial charge is 0.0798 e. The van der Waals surface area contributed by atoms with E-state index in [1.807, 2.05) is 24.1 Å². The van der Waals surface area contributed by atoms with E-state index in [2.05, 4.69) is 15.4 Å². The number of aromatic nitrogens is 2. The van der Waals surface area contributed by atoms with Crippen molar-refractivity contribution < 1.29 is 0 Å². The quantitative estimate of drug-likeness (QED) is 0.630. The van der Waals surface area contributed by atoms with Crippen LogP contribution in [0.4, 0.5) is 0 Å². The summed E-state index contributed by atoms with van der Waals surface area (Å²) in [5.74, 6) is 5.56. The second-order valence-corrected chi connectivity index (χ2v) is 5.05. The van der Waals surface area contributed by atoms with Crippen molar-refractivity contribution in [3.8, 4) is 0 Å². The highest BCUT2D eigenvalue weighted by atomic mass is 32.1. The summed E-state index contributed by atoms with van der Waals surface area (Å²) in [6.45, 7) is 2.00. The van der Waals surface area contributed by atoms with Crippen LogP contribution in [0.2, 0.25) is 0 Å². The Labute approximate surface area is 96.2 Å². The molecule has 0 bridgehead atoms. The first kappa shape index (κ1) is 10.7. The van der Waals surface area contributed by atoms with Gasteiger partial charge in [-0.3, -0.25) is 16.3 Å². The van der Waals surface area contributed by atoms with Crippen molar-refractivity contribution in [2.45, 2.75) is 19.4 Å². The van der Waals surface area contributed by atoms with E-state index in [4.69, 9.17) is 5.84 Å². The summed E-state index contributed by atoms with van der Waals surface area (Å²) in [5, 5.41) is 0. The predicted molar refractivity (Wildman–Crippen MR) is 62.7 cm³/mol. The number of rotatable bonds is 4. The van der Waals surface area contributed by atoms with Gasteiger partial charge in [-0.05, 0) is 6.92 Å².